The molecule has 0 radical (unpaired) electrons. The van der Waals surface area contributed by atoms with Crippen LogP contribution in [0.4, 0.5) is 0 Å². The van der Waals surface area contributed by atoms with Crippen LogP contribution in [0, 0.1) is 17.3 Å². The van der Waals surface area contributed by atoms with Crippen molar-refractivity contribution in [1.82, 2.24) is 4.90 Å². The van der Waals surface area contributed by atoms with Gasteiger partial charge >= 0.3 is 0 Å². The topological polar surface area (TPSA) is 40.5 Å². The second-order valence-electron chi connectivity index (χ2n) is 7.23. The van der Waals surface area contributed by atoms with E-state index in [1.54, 1.807) is 0 Å². The van der Waals surface area contributed by atoms with Gasteiger partial charge in [-0.3, -0.25) is 4.79 Å². The van der Waals surface area contributed by atoms with Crippen molar-refractivity contribution < 1.29 is 9.90 Å². The highest BCUT2D eigenvalue weighted by Crippen LogP contribution is 2.44. The van der Waals surface area contributed by atoms with Crippen LogP contribution < -0.4 is 0 Å². The van der Waals surface area contributed by atoms with E-state index in [0.29, 0.717) is 11.8 Å². The molecule has 0 unspecified atom stereocenters. The first-order chi connectivity index (χ1) is 9.21. The Hall–Kier alpha value is -0.570. The van der Waals surface area contributed by atoms with Crippen LogP contribution in [0.15, 0.2) is 0 Å². The summed E-state index contributed by atoms with van der Waals surface area (Å²) in [5.74, 6) is 1.83. The first-order valence-corrected chi connectivity index (χ1v) is 8.09. The summed E-state index contributed by atoms with van der Waals surface area (Å²) in [4.78, 5) is 14.4. The summed E-state index contributed by atoms with van der Waals surface area (Å²) in [5, 5.41) is 9.82. The Labute approximate surface area is 116 Å². The molecule has 1 aliphatic heterocycles. The Morgan fingerprint density at radius 2 is 1.95 bits per heavy atom. The predicted molar refractivity (Wildman–Crippen MR) is 74.6 cm³/mol. The van der Waals surface area contributed by atoms with Crippen molar-refractivity contribution in [2.75, 3.05) is 19.7 Å². The summed E-state index contributed by atoms with van der Waals surface area (Å²) in [5.41, 5.74) is 0.0225. The summed E-state index contributed by atoms with van der Waals surface area (Å²) >= 11 is 0. The zero-order chi connectivity index (χ0) is 13.3. The van der Waals surface area contributed by atoms with E-state index >= 15 is 0 Å². The maximum absolute atomic E-state index is 12.4. The van der Waals surface area contributed by atoms with Crippen LogP contribution in [0.5, 0.6) is 0 Å². The minimum absolute atomic E-state index is 0.0225. The van der Waals surface area contributed by atoms with Gasteiger partial charge in [-0.05, 0) is 43.9 Å². The van der Waals surface area contributed by atoms with E-state index in [-0.39, 0.29) is 12.0 Å². The van der Waals surface area contributed by atoms with Gasteiger partial charge in [-0.2, -0.15) is 0 Å². The van der Waals surface area contributed by atoms with Gasteiger partial charge in [0.05, 0.1) is 6.61 Å². The van der Waals surface area contributed by atoms with Gasteiger partial charge in [0.2, 0.25) is 5.91 Å². The molecule has 2 saturated carbocycles. The highest BCUT2D eigenvalue weighted by molar-refractivity contribution is 5.76. The number of aliphatic hydroxyl groups is 1. The molecule has 3 aliphatic rings. The van der Waals surface area contributed by atoms with Crippen LogP contribution in [0.1, 0.15) is 57.8 Å². The number of carbonyl (C=O) groups is 1. The van der Waals surface area contributed by atoms with Crippen molar-refractivity contribution in [3.63, 3.8) is 0 Å². The SMILES string of the molecule is O=C(CC1CCC1)N1CCC[C@@](CO)(CC2CC2)C1. The molecule has 1 heterocycles. The molecule has 3 rings (SSSR count). The summed E-state index contributed by atoms with van der Waals surface area (Å²) in [6.07, 6.45) is 10.5. The van der Waals surface area contributed by atoms with Crippen molar-refractivity contribution in [1.29, 1.82) is 0 Å². The number of carbonyl (C=O) groups excluding carboxylic acids is 1. The Kier molecular flexibility index (Phi) is 3.84. The number of nitrogens with zero attached hydrogens (tertiary/aromatic N) is 1. The molecule has 19 heavy (non-hydrogen) atoms. The quantitative estimate of drug-likeness (QED) is 0.830. The molecule has 0 bridgehead atoms. The monoisotopic (exact) mass is 265 g/mol. The van der Waals surface area contributed by atoms with Crippen LogP contribution >= 0.6 is 0 Å². The van der Waals surface area contributed by atoms with Crippen LogP contribution in [-0.2, 0) is 4.79 Å². The van der Waals surface area contributed by atoms with E-state index in [0.717, 1.165) is 44.7 Å². The molecule has 0 spiro atoms. The molecule has 3 nitrogen and oxygen atoms in total. The second-order valence-corrected chi connectivity index (χ2v) is 7.23. The molecular weight excluding hydrogens is 238 g/mol. The van der Waals surface area contributed by atoms with Gasteiger partial charge in [0.15, 0.2) is 0 Å². The number of aliphatic hydroxyl groups excluding tert-OH is 1. The van der Waals surface area contributed by atoms with Crippen LogP contribution in [0.25, 0.3) is 0 Å². The zero-order valence-corrected chi connectivity index (χ0v) is 11.9. The van der Waals surface area contributed by atoms with Gasteiger partial charge in [-0.15, -0.1) is 0 Å². The predicted octanol–water partition coefficient (Wildman–Crippen LogP) is 2.58. The number of piperidine rings is 1. The standard InChI is InChI=1S/C16H27NO2/c18-12-16(10-14-5-6-14)7-2-8-17(11-16)15(19)9-13-3-1-4-13/h13-14,18H,1-12H2/t16-/m1/s1. The number of rotatable bonds is 5. The molecule has 1 saturated heterocycles. The van der Waals surface area contributed by atoms with Gasteiger partial charge in [0, 0.05) is 24.9 Å². The van der Waals surface area contributed by atoms with E-state index in [4.69, 9.17) is 0 Å². The summed E-state index contributed by atoms with van der Waals surface area (Å²) < 4.78 is 0. The van der Waals surface area contributed by atoms with Gasteiger partial charge in [-0.1, -0.05) is 19.3 Å². The van der Waals surface area contributed by atoms with Gasteiger partial charge in [0.1, 0.15) is 0 Å². The number of likely N-dealkylation sites (tertiary alicyclic amines) is 1. The lowest BCUT2D eigenvalue weighted by molar-refractivity contribution is -0.137. The fourth-order valence-electron chi connectivity index (χ4n) is 3.79. The van der Waals surface area contributed by atoms with Gasteiger partial charge in [0.25, 0.3) is 0 Å². The lowest BCUT2D eigenvalue weighted by Gasteiger charge is -2.43. The Morgan fingerprint density at radius 1 is 1.16 bits per heavy atom. The molecule has 0 aromatic carbocycles. The third kappa shape index (κ3) is 3.13. The Balaban J connectivity index is 1.57. The fourth-order valence-corrected chi connectivity index (χ4v) is 3.79. The lowest BCUT2D eigenvalue weighted by atomic mass is 9.76. The molecule has 3 fully saturated rings. The Morgan fingerprint density at radius 3 is 2.53 bits per heavy atom. The molecule has 2 aliphatic carbocycles. The third-order valence-corrected chi connectivity index (χ3v) is 5.46. The zero-order valence-electron chi connectivity index (χ0n) is 11.9. The van der Waals surface area contributed by atoms with E-state index in [1.165, 1.54) is 32.1 Å². The highest BCUT2D eigenvalue weighted by atomic mass is 16.3. The first kappa shape index (κ1) is 13.4. The molecule has 1 atom stereocenters. The maximum atomic E-state index is 12.4. The number of hydrogen-bond acceptors (Lipinski definition) is 2. The van der Waals surface area contributed by atoms with Crippen LogP contribution in [0.3, 0.4) is 0 Å². The molecule has 0 aromatic rings. The normalized spacial score (nSPS) is 32.2. The average Bonchev–Trinajstić information content (AvgIpc) is 3.17. The largest absolute Gasteiger partial charge is 0.396 e. The van der Waals surface area contributed by atoms with E-state index < -0.39 is 0 Å². The second kappa shape index (κ2) is 5.43. The van der Waals surface area contributed by atoms with E-state index in [1.807, 2.05) is 0 Å². The summed E-state index contributed by atoms with van der Waals surface area (Å²) in [7, 11) is 0. The van der Waals surface area contributed by atoms with E-state index in [9.17, 15) is 9.90 Å². The minimum atomic E-state index is 0.0225. The third-order valence-electron chi connectivity index (χ3n) is 5.46. The van der Waals surface area contributed by atoms with Crippen molar-refractivity contribution in [2.24, 2.45) is 17.3 Å². The maximum Gasteiger partial charge on any atom is 0.222 e. The molecule has 108 valence electrons. The molecular formula is C16H27NO2. The minimum Gasteiger partial charge on any atom is -0.396 e. The lowest BCUT2D eigenvalue weighted by Crippen LogP contribution is -2.48. The fraction of sp³-hybridized carbons (Fsp3) is 0.938. The Bertz CT molecular complexity index is 336. The smallest absolute Gasteiger partial charge is 0.222 e. The molecule has 0 aromatic heterocycles. The number of hydrogen-bond donors (Lipinski definition) is 1. The van der Waals surface area contributed by atoms with Gasteiger partial charge in [-0.25, -0.2) is 0 Å². The van der Waals surface area contributed by atoms with Crippen molar-refractivity contribution in [3.05, 3.63) is 0 Å². The summed E-state index contributed by atoms with van der Waals surface area (Å²) in [6, 6.07) is 0. The van der Waals surface area contributed by atoms with Crippen molar-refractivity contribution in [2.45, 2.75) is 57.8 Å². The summed E-state index contributed by atoms with van der Waals surface area (Å²) in [6.45, 7) is 1.99. The van der Waals surface area contributed by atoms with Crippen LogP contribution in [0.2, 0.25) is 0 Å². The van der Waals surface area contributed by atoms with Gasteiger partial charge < -0.3 is 10.0 Å². The number of amides is 1. The van der Waals surface area contributed by atoms with Crippen LogP contribution in [-0.4, -0.2) is 35.6 Å². The average molecular weight is 265 g/mol. The highest BCUT2D eigenvalue weighted by Gasteiger charge is 2.41. The first-order valence-electron chi connectivity index (χ1n) is 8.09. The molecule has 1 N–H and O–H groups in total. The van der Waals surface area contributed by atoms with Crippen molar-refractivity contribution in [3.8, 4) is 0 Å². The molecule has 1 amide bonds. The van der Waals surface area contributed by atoms with E-state index in [2.05, 4.69) is 4.90 Å². The molecule has 3 heteroatoms. The van der Waals surface area contributed by atoms with Crippen molar-refractivity contribution >= 4 is 5.91 Å².